The maximum Gasteiger partial charge on any atom is 0.250 e. The van der Waals surface area contributed by atoms with E-state index in [0.717, 1.165) is 29.7 Å². The number of nitrogens with one attached hydrogen (secondary N) is 1. The third-order valence-electron chi connectivity index (χ3n) is 4.16. The van der Waals surface area contributed by atoms with E-state index >= 15 is 0 Å². The fourth-order valence-corrected chi connectivity index (χ4v) is 3.64. The summed E-state index contributed by atoms with van der Waals surface area (Å²) in [5, 5.41) is 14.0. The molecule has 6 nitrogen and oxygen atoms in total. The molecule has 0 spiro atoms. The van der Waals surface area contributed by atoms with Gasteiger partial charge in [0.1, 0.15) is 0 Å². The molecule has 8 heteroatoms. The quantitative estimate of drug-likeness (QED) is 0.325. The molecule has 1 N–H and O–H groups in total. The maximum absolute atomic E-state index is 12.3. The number of rotatable bonds is 8. The number of thioether (sulfide) groups is 1. The first kappa shape index (κ1) is 21.1. The number of benzene rings is 2. The molecule has 3 rings (SSSR count). The molecule has 0 atom stereocenters. The molecule has 2 aromatic carbocycles. The molecule has 0 unspecified atom stereocenters. The molecule has 0 aliphatic carbocycles. The number of hydrogen-bond acceptors (Lipinski definition) is 5. The lowest BCUT2D eigenvalue weighted by Crippen LogP contribution is -2.22. The number of halogens is 1. The van der Waals surface area contributed by atoms with Crippen LogP contribution in [0.15, 0.2) is 64.9 Å². The van der Waals surface area contributed by atoms with Crippen molar-refractivity contribution in [3.05, 3.63) is 65.2 Å². The van der Waals surface area contributed by atoms with Crippen molar-refractivity contribution in [2.75, 3.05) is 5.75 Å². The van der Waals surface area contributed by atoms with Gasteiger partial charge in [0, 0.05) is 17.6 Å². The molecule has 0 fully saturated rings. The number of hydrogen-bond donors (Lipinski definition) is 1. The van der Waals surface area contributed by atoms with E-state index in [9.17, 15) is 4.79 Å². The summed E-state index contributed by atoms with van der Waals surface area (Å²) in [6.07, 6.45) is 1.74. The minimum Gasteiger partial charge on any atom is -0.305 e. The van der Waals surface area contributed by atoms with Crippen molar-refractivity contribution >= 4 is 35.0 Å². The van der Waals surface area contributed by atoms with Gasteiger partial charge in [-0.15, -0.1) is 10.2 Å². The first-order valence-electron chi connectivity index (χ1n) is 9.27. The second kappa shape index (κ2) is 10.2. The van der Waals surface area contributed by atoms with Crippen molar-refractivity contribution < 1.29 is 4.79 Å². The molecule has 29 heavy (non-hydrogen) atoms. The summed E-state index contributed by atoms with van der Waals surface area (Å²) < 4.78 is 1.85. The summed E-state index contributed by atoms with van der Waals surface area (Å²) >= 11 is 7.37. The smallest absolute Gasteiger partial charge is 0.250 e. The van der Waals surface area contributed by atoms with Crippen LogP contribution in [-0.4, -0.2) is 32.1 Å². The summed E-state index contributed by atoms with van der Waals surface area (Å²) in [6.45, 7) is 2.09. The van der Waals surface area contributed by atoms with E-state index in [1.807, 2.05) is 66.2 Å². The predicted molar refractivity (Wildman–Crippen MR) is 118 cm³/mol. The lowest BCUT2D eigenvalue weighted by atomic mass is 10.1. The minimum atomic E-state index is -0.188. The fraction of sp³-hybridized carbons (Fsp3) is 0.238. The van der Waals surface area contributed by atoms with Crippen LogP contribution in [-0.2, 0) is 11.8 Å². The maximum atomic E-state index is 12.3. The van der Waals surface area contributed by atoms with E-state index in [2.05, 4.69) is 27.6 Å². The molecule has 1 amide bonds. The second-order valence-corrected chi connectivity index (χ2v) is 7.75. The highest BCUT2D eigenvalue weighted by molar-refractivity contribution is 7.99. The van der Waals surface area contributed by atoms with Gasteiger partial charge in [-0.25, -0.2) is 5.43 Å². The molecule has 0 saturated heterocycles. The molecule has 1 aromatic heterocycles. The Bertz CT molecular complexity index is 1000. The van der Waals surface area contributed by atoms with E-state index in [1.165, 1.54) is 11.8 Å². The van der Waals surface area contributed by atoms with Gasteiger partial charge in [-0.05, 0) is 24.1 Å². The van der Waals surface area contributed by atoms with Crippen molar-refractivity contribution in [3.8, 4) is 11.4 Å². The molecular weight excluding hydrogens is 406 g/mol. The van der Waals surface area contributed by atoms with Crippen LogP contribution < -0.4 is 5.43 Å². The monoisotopic (exact) mass is 427 g/mol. The van der Waals surface area contributed by atoms with Crippen LogP contribution in [0.3, 0.4) is 0 Å². The summed E-state index contributed by atoms with van der Waals surface area (Å²) in [4.78, 5) is 12.3. The van der Waals surface area contributed by atoms with E-state index < -0.39 is 0 Å². The van der Waals surface area contributed by atoms with Gasteiger partial charge >= 0.3 is 0 Å². The standard InChI is InChI=1S/C21H22ClN5OS/c1-3-8-18(15-9-5-4-6-10-15)23-24-19(28)14-29-21-26-25-20(27(21)2)16-11-7-12-17(22)13-16/h4-7,9-13H,3,8,14H2,1-2H3,(H,24,28)/b23-18-. The molecule has 0 radical (unpaired) electrons. The molecular formula is C21H22ClN5OS. The van der Waals surface area contributed by atoms with Crippen molar-refractivity contribution in [3.63, 3.8) is 0 Å². The van der Waals surface area contributed by atoms with Crippen LogP contribution in [0, 0.1) is 0 Å². The Balaban J connectivity index is 1.62. The largest absolute Gasteiger partial charge is 0.305 e. The van der Waals surface area contributed by atoms with Gasteiger partial charge in [0.25, 0.3) is 5.91 Å². The van der Waals surface area contributed by atoms with Crippen molar-refractivity contribution in [1.29, 1.82) is 0 Å². The number of nitrogens with zero attached hydrogens (tertiary/aromatic N) is 4. The Morgan fingerprint density at radius 1 is 1.17 bits per heavy atom. The molecule has 3 aromatic rings. The highest BCUT2D eigenvalue weighted by atomic mass is 35.5. The van der Waals surface area contributed by atoms with Crippen LogP contribution in [0.2, 0.25) is 5.02 Å². The third-order valence-corrected chi connectivity index (χ3v) is 5.41. The van der Waals surface area contributed by atoms with Gasteiger partial charge in [-0.2, -0.15) is 5.10 Å². The van der Waals surface area contributed by atoms with Gasteiger partial charge in [-0.1, -0.05) is 79.2 Å². The SMILES string of the molecule is CCC/C(=N/NC(=O)CSc1nnc(-c2cccc(Cl)c2)n1C)c1ccccc1. The van der Waals surface area contributed by atoms with Gasteiger partial charge in [-0.3, -0.25) is 4.79 Å². The number of amides is 1. The lowest BCUT2D eigenvalue weighted by molar-refractivity contribution is -0.118. The Morgan fingerprint density at radius 3 is 2.69 bits per heavy atom. The van der Waals surface area contributed by atoms with E-state index in [4.69, 9.17) is 11.6 Å². The van der Waals surface area contributed by atoms with Gasteiger partial charge < -0.3 is 4.57 Å². The van der Waals surface area contributed by atoms with Gasteiger partial charge in [0.15, 0.2) is 11.0 Å². The highest BCUT2D eigenvalue weighted by Gasteiger charge is 2.13. The highest BCUT2D eigenvalue weighted by Crippen LogP contribution is 2.24. The molecule has 150 valence electrons. The summed E-state index contributed by atoms with van der Waals surface area (Å²) in [6, 6.07) is 17.3. The zero-order valence-corrected chi connectivity index (χ0v) is 17.9. The zero-order chi connectivity index (χ0) is 20.6. The average molecular weight is 428 g/mol. The first-order chi connectivity index (χ1) is 14.1. The second-order valence-electron chi connectivity index (χ2n) is 6.37. The minimum absolute atomic E-state index is 0.188. The normalized spacial score (nSPS) is 11.5. The number of carbonyl (C=O) groups excluding carboxylic acids is 1. The number of aromatic nitrogens is 3. The van der Waals surface area contributed by atoms with Crippen molar-refractivity contribution in [2.45, 2.75) is 24.9 Å². The Morgan fingerprint density at radius 2 is 1.97 bits per heavy atom. The Labute approximate surface area is 179 Å². The topological polar surface area (TPSA) is 72.2 Å². The van der Waals surface area contributed by atoms with E-state index in [-0.39, 0.29) is 11.7 Å². The van der Waals surface area contributed by atoms with Gasteiger partial charge in [0.05, 0.1) is 11.5 Å². The summed E-state index contributed by atoms with van der Waals surface area (Å²) in [5.41, 5.74) is 5.41. The summed E-state index contributed by atoms with van der Waals surface area (Å²) in [5.74, 6) is 0.703. The molecule has 0 aliphatic rings. The Hall–Kier alpha value is -2.64. The van der Waals surface area contributed by atoms with Crippen LogP contribution in [0.5, 0.6) is 0 Å². The molecule has 0 aliphatic heterocycles. The van der Waals surface area contributed by atoms with Crippen molar-refractivity contribution in [1.82, 2.24) is 20.2 Å². The lowest BCUT2D eigenvalue weighted by Gasteiger charge is -2.07. The van der Waals surface area contributed by atoms with Crippen LogP contribution in [0.25, 0.3) is 11.4 Å². The van der Waals surface area contributed by atoms with E-state index in [1.54, 1.807) is 0 Å². The first-order valence-corrected chi connectivity index (χ1v) is 10.6. The predicted octanol–water partition coefficient (Wildman–Crippen LogP) is 4.55. The number of carbonyl (C=O) groups is 1. The van der Waals surface area contributed by atoms with Crippen LogP contribution in [0.1, 0.15) is 25.3 Å². The van der Waals surface area contributed by atoms with E-state index in [0.29, 0.717) is 16.0 Å². The number of hydrazone groups is 1. The summed E-state index contributed by atoms with van der Waals surface area (Å²) in [7, 11) is 1.86. The third kappa shape index (κ3) is 5.68. The Kier molecular flexibility index (Phi) is 7.43. The molecule has 0 bridgehead atoms. The van der Waals surface area contributed by atoms with Crippen molar-refractivity contribution in [2.24, 2.45) is 12.1 Å². The average Bonchev–Trinajstić information content (AvgIpc) is 3.10. The zero-order valence-electron chi connectivity index (χ0n) is 16.3. The fourth-order valence-electron chi connectivity index (χ4n) is 2.74. The molecule has 0 saturated carbocycles. The van der Waals surface area contributed by atoms with Crippen LogP contribution in [0.4, 0.5) is 0 Å². The molecule has 1 heterocycles. The van der Waals surface area contributed by atoms with Gasteiger partial charge in [0.2, 0.25) is 0 Å². The van der Waals surface area contributed by atoms with Crippen LogP contribution >= 0.6 is 23.4 Å².